The van der Waals surface area contributed by atoms with Crippen molar-refractivity contribution in [1.29, 1.82) is 0 Å². The Morgan fingerprint density at radius 1 is 0.964 bits per heavy atom. The van der Waals surface area contributed by atoms with E-state index in [1.807, 2.05) is 72.8 Å². The van der Waals surface area contributed by atoms with Gasteiger partial charge in [0.15, 0.2) is 5.82 Å². The molecule has 0 amide bonds. The molecule has 0 unspecified atom stereocenters. The van der Waals surface area contributed by atoms with Gasteiger partial charge in [-0.2, -0.15) is 9.78 Å². The number of rotatable bonds is 5. The van der Waals surface area contributed by atoms with E-state index >= 15 is 0 Å². The van der Waals surface area contributed by atoms with Crippen molar-refractivity contribution in [3.8, 4) is 5.75 Å². The van der Waals surface area contributed by atoms with Crippen LogP contribution in [-0.2, 0) is 6.61 Å². The zero-order valence-electron chi connectivity index (χ0n) is 14.8. The lowest BCUT2D eigenvalue weighted by molar-refractivity contribution is 0.289. The number of fused-ring (bicyclic) bond motifs is 1. The highest BCUT2D eigenvalue weighted by Gasteiger charge is 2.11. The summed E-state index contributed by atoms with van der Waals surface area (Å²) >= 11 is 3.41. The smallest absolute Gasteiger partial charge is 0.282 e. The molecular formula is C22H16BrN3O2. The normalized spacial score (nSPS) is 11.2. The van der Waals surface area contributed by atoms with Gasteiger partial charge in [0, 0.05) is 4.47 Å². The van der Waals surface area contributed by atoms with Crippen LogP contribution in [0.2, 0.25) is 0 Å². The van der Waals surface area contributed by atoms with Crippen LogP contribution in [0, 0.1) is 0 Å². The lowest BCUT2D eigenvalue weighted by Gasteiger charge is -2.10. The van der Waals surface area contributed by atoms with Crippen molar-refractivity contribution in [2.45, 2.75) is 6.61 Å². The molecule has 0 radical (unpaired) electrons. The second-order valence-corrected chi connectivity index (χ2v) is 6.98. The molecule has 6 heteroatoms. The van der Waals surface area contributed by atoms with E-state index in [1.54, 1.807) is 12.3 Å². The molecular weight excluding hydrogens is 418 g/mol. The fourth-order valence-corrected chi connectivity index (χ4v) is 2.98. The molecule has 3 aromatic carbocycles. The molecule has 0 aliphatic heterocycles. The third-order valence-corrected chi connectivity index (χ3v) is 4.65. The predicted molar refractivity (Wildman–Crippen MR) is 114 cm³/mol. The van der Waals surface area contributed by atoms with Crippen LogP contribution in [0.4, 0.5) is 0 Å². The average Bonchev–Trinajstić information content (AvgIpc) is 2.74. The molecule has 0 saturated heterocycles. The number of aromatic nitrogens is 2. The van der Waals surface area contributed by atoms with E-state index in [9.17, 15) is 4.79 Å². The van der Waals surface area contributed by atoms with Gasteiger partial charge in [0.25, 0.3) is 5.56 Å². The molecule has 0 N–H and O–H groups in total. The van der Waals surface area contributed by atoms with Gasteiger partial charge in [-0.05, 0) is 42.0 Å². The maximum Gasteiger partial charge on any atom is 0.282 e. The van der Waals surface area contributed by atoms with Crippen molar-refractivity contribution >= 4 is 33.0 Å². The quantitative estimate of drug-likeness (QED) is 0.431. The van der Waals surface area contributed by atoms with Crippen LogP contribution in [-0.4, -0.2) is 15.9 Å². The van der Waals surface area contributed by atoms with E-state index in [1.165, 1.54) is 4.68 Å². The number of ether oxygens (including phenoxy) is 1. The molecule has 0 fully saturated rings. The number of nitrogens with zero attached hydrogens (tertiary/aromatic N) is 3. The highest BCUT2D eigenvalue weighted by atomic mass is 79.9. The van der Waals surface area contributed by atoms with E-state index in [-0.39, 0.29) is 12.2 Å². The second-order valence-electron chi connectivity index (χ2n) is 6.06. The summed E-state index contributed by atoms with van der Waals surface area (Å²) in [6.07, 6.45) is 1.64. The van der Waals surface area contributed by atoms with E-state index in [4.69, 9.17) is 4.74 Å². The Morgan fingerprint density at radius 3 is 2.46 bits per heavy atom. The first-order valence-electron chi connectivity index (χ1n) is 8.69. The van der Waals surface area contributed by atoms with Gasteiger partial charge in [-0.3, -0.25) is 4.79 Å². The molecule has 5 nitrogen and oxygen atoms in total. The first kappa shape index (κ1) is 18.1. The number of hydrogen-bond donors (Lipinski definition) is 0. The topological polar surface area (TPSA) is 56.5 Å². The minimum Gasteiger partial charge on any atom is -0.486 e. The third kappa shape index (κ3) is 4.02. The summed E-state index contributed by atoms with van der Waals surface area (Å²) in [5.41, 5.74) is 1.26. The number of benzene rings is 3. The molecule has 0 bridgehead atoms. The number of halogens is 1. The van der Waals surface area contributed by atoms with Gasteiger partial charge < -0.3 is 4.74 Å². The number of para-hydroxylation sites is 2. The highest BCUT2D eigenvalue weighted by Crippen LogP contribution is 2.13. The van der Waals surface area contributed by atoms with Crippen LogP contribution in [0.25, 0.3) is 10.9 Å². The lowest BCUT2D eigenvalue weighted by Crippen LogP contribution is -2.23. The fraction of sp³-hybridized carbons (Fsp3) is 0.0455. The van der Waals surface area contributed by atoms with Gasteiger partial charge in [0.1, 0.15) is 12.4 Å². The molecule has 4 rings (SSSR count). The minimum absolute atomic E-state index is 0.127. The molecule has 1 aromatic heterocycles. The molecule has 4 aromatic rings. The fourth-order valence-electron chi connectivity index (χ4n) is 2.72. The largest absolute Gasteiger partial charge is 0.486 e. The van der Waals surface area contributed by atoms with Crippen LogP contribution in [0.15, 0.2) is 93.2 Å². The summed E-state index contributed by atoms with van der Waals surface area (Å²) in [6.45, 7) is 0.127. The van der Waals surface area contributed by atoms with E-state index in [0.29, 0.717) is 22.5 Å². The maximum absolute atomic E-state index is 13.0. The van der Waals surface area contributed by atoms with Gasteiger partial charge in [0.05, 0.1) is 17.1 Å². The zero-order chi connectivity index (χ0) is 19.3. The predicted octanol–water partition coefficient (Wildman–Crippen LogP) is 4.62. The van der Waals surface area contributed by atoms with Crippen LogP contribution < -0.4 is 10.3 Å². The highest BCUT2D eigenvalue weighted by molar-refractivity contribution is 9.10. The van der Waals surface area contributed by atoms with Gasteiger partial charge in [0.2, 0.25) is 0 Å². The van der Waals surface area contributed by atoms with Crippen LogP contribution in [0.1, 0.15) is 11.4 Å². The summed E-state index contributed by atoms with van der Waals surface area (Å²) in [7, 11) is 0. The Bertz CT molecular complexity index is 1190. The third-order valence-electron chi connectivity index (χ3n) is 4.12. The monoisotopic (exact) mass is 433 g/mol. The molecule has 0 spiro atoms. The maximum atomic E-state index is 13.0. The molecule has 28 heavy (non-hydrogen) atoms. The SMILES string of the molecule is O=c1c2ccccc2nc(COc2ccccc2)n1/N=C\c1ccc(Br)cc1. The molecule has 0 saturated carbocycles. The van der Waals surface area contributed by atoms with E-state index in [2.05, 4.69) is 26.0 Å². The van der Waals surface area contributed by atoms with Crippen molar-refractivity contribution < 1.29 is 4.74 Å². The summed E-state index contributed by atoms with van der Waals surface area (Å²) in [5.74, 6) is 1.13. The first-order valence-corrected chi connectivity index (χ1v) is 9.48. The standard InChI is InChI=1S/C22H16BrN3O2/c23-17-12-10-16(11-13-17)14-24-26-21(15-28-18-6-2-1-3-7-18)25-20-9-5-4-8-19(20)22(26)27/h1-14H,15H2/b24-14-. The lowest BCUT2D eigenvalue weighted by atomic mass is 10.2. The van der Waals surface area contributed by atoms with Crippen molar-refractivity contribution in [3.05, 3.63) is 105 Å². The van der Waals surface area contributed by atoms with Crippen molar-refractivity contribution in [2.24, 2.45) is 5.10 Å². The van der Waals surface area contributed by atoms with Crippen LogP contribution >= 0.6 is 15.9 Å². The Balaban J connectivity index is 1.74. The van der Waals surface area contributed by atoms with Crippen molar-refractivity contribution in [1.82, 2.24) is 9.66 Å². The molecule has 0 aliphatic rings. The Kier molecular flexibility index (Phi) is 5.30. The second kappa shape index (κ2) is 8.19. The van der Waals surface area contributed by atoms with E-state index < -0.39 is 0 Å². The van der Waals surface area contributed by atoms with Gasteiger partial charge >= 0.3 is 0 Å². The molecule has 0 atom stereocenters. The van der Waals surface area contributed by atoms with Gasteiger partial charge in [-0.25, -0.2) is 4.98 Å². The van der Waals surface area contributed by atoms with Crippen LogP contribution in [0.3, 0.4) is 0 Å². The van der Waals surface area contributed by atoms with Crippen LogP contribution in [0.5, 0.6) is 5.75 Å². The average molecular weight is 434 g/mol. The molecule has 138 valence electrons. The first-order chi connectivity index (χ1) is 13.7. The Hall–Kier alpha value is -3.25. The molecule has 1 heterocycles. The summed E-state index contributed by atoms with van der Waals surface area (Å²) < 4.78 is 8.08. The molecule has 0 aliphatic carbocycles. The summed E-state index contributed by atoms with van der Waals surface area (Å²) in [5, 5.41) is 4.90. The summed E-state index contributed by atoms with van der Waals surface area (Å²) in [6, 6.07) is 24.3. The van der Waals surface area contributed by atoms with E-state index in [0.717, 1.165) is 10.0 Å². The van der Waals surface area contributed by atoms with Gasteiger partial charge in [-0.1, -0.05) is 58.4 Å². The zero-order valence-corrected chi connectivity index (χ0v) is 16.4. The van der Waals surface area contributed by atoms with Crippen molar-refractivity contribution in [2.75, 3.05) is 0 Å². The Labute approximate surface area is 170 Å². The van der Waals surface area contributed by atoms with Gasteiger partial charge in [-0.15, -0.1) is 0 Å². The Morgan fingerprint density at radius 2 is 1.68 bits per heavy atom. The van der Waals surface area contributed by atoms with Crippen molar-refractivity contribution in [3.63, 3.8) is 0 Å². The number of hydrogen-bond acceptors (Lipinski definition) is 4. The minimum atomic E-state index is -0.231. The summed E-state index contributed by atoms with van der Waals surface area (Å²) in [4.78, 5) is 17.6.